The number of hydrogen-bond donors (Lipinski definition) is 2. The number of hydrogen-bond acceptors (Lipinski definition) is 5. The Morgan fingerprint density at radius 1 is 1.16 bits per heavy atom. The van der Waals surface area contributed by atoms with Gasteiger partial charge < -0.3 is 25.0 Å². The molecule has 1 aromatic carbocycles. The van der Waals surface area contributed by atoms with Crippen LogP contribution in [0, 0.1) is 0 Å². The molecule has 1 fully saturated rings. The molecule has 0 aliphatic carbocycles. The van der Waals surface area contributed by atoms with E-state index in [1.165, 1.54) is 0 Å². The van der Waals surface area contributed by atoms with Gasteiger partial charge in [0.1, 0.15) is 0 Å². The topological polar surface area (TPSA) is 75.7 Å². The third-order valence-corrected chi connectivity index (χ3v) is 4.33. The van der Waals surface area contributed by atoms with Gasteiger partial charge in [0.2, 0.25) is 6.79 Å². The van der Waals surface area contributed by atoms with Crippen molar-refractivity contribution < 1.29 is 14.3 Å². The van der Waals surface area contributed by atoms with Crippen LogP contribution in [0.15, 0.2) is 36.5 Å². The minimum Gasteiger partial charge on any atom is -0.454 e. The van der Waals surface area contributed by atoms with E-state index in [9.17, 15) is 4.79 Å². The maximum atomic E-state index is 12.3. The monoisotopic (exact) mass is 340 g/mol. The van der Waals surface area contributed by atoms with E-state index < -0.39 is 0 Å². The average molecular weight is 340 g/mol. The van der Waals surface area contributed by atoms with Crippen LogP contribution in [0.1, 0.15) is 18.4 Å². The molecule has 0 saturated carbocycles. The van der Waals surface area contributed by atoms with E-state index in [-0.39, 0.29) is 12.8 Å². The normalized spacial score (nSPS) is 15.3. The lowest BCUT2D eigenvalue weighted by Gasteiger charge is -2.20. The van der Waals surface area contributed by atoms with E-state index in [1.807, 2.05) is 30.3 Å². The quantitative estimate of drug-likeness (QED) is 0.895. The second kappa shape index (κ2) is 6.88. The minimum absolute atomic E-state index is 0.243. The van der Waals surface area contributed by atoms with E-state index >= 15 is 0 Å². The molecule has 0 bridgehead atoms. The van der Waals surface area contributed by atoms with E-state index in [0.717, 1.165) is 48.7 Å². The molecule has 2 N–H and O–H groups in total. The average Bonchev–Trinajstić information content (AvgIpc) is 3.31. The van der Waals surface area contributed by atoms with Gasteiger partial charge in [0.05, 0.1) is 5.69 Å². The van der Waals surface area contributed by atoms with Crippen molar-refractivity contribution in [1.82, 2.24) is 10.3 Å². The predicted octanol–water partition coefficient (Wildman–Crippen LogP) is 2.73. The number of ether oxygens (including phenoxy) is 2. The molecule has 2 aromatic rings. The standard InChI is InChI=1S/C18H20N4O3/c23-18(20-11-13-5-6-15-16(10-13)25-12-24-15)21-14-4-3-7-19-17(14)22-8-1-2-9-22/h3-7,10H,1-2,8-9,11-12H2,(H2,20,21,23). The van der Waals surface area contributed by atoms with E-state index in [4.69, 9.17) is 9.47 Å². The zero-order chi connectivity index (χ0) is 17.1. The number of benzene rings is 1. The number of nitrogens with zero attached hydrogens (tertiary/aromatic N) is 2. The van der Waals surface area contributed by atoms with Crippen LogP contribution < -0.4 is 25.0 Å². The Balaban J connectivity index is 1.38. The molecule has 1 aromatic heterocycles. The molecule has 0 atom stereocenters. The number of nitrogens with one attached hydrogen (secondary N) is 2. The summed E-state index contributed by atoms with van der Waals surface area (Å²) >= 11 is 0. The lowest BCUT2D eigenvalue weighted by molar-refractivity contribution is 0.174. The summed E-state index contributed by atoms with van der Waals surface area (Å²) in [5, 5.41) is 5.76. The van der Waals surface area contributed by atoms with Crippen molar-refractivity contribution >= 4 is 17.5 Å². The van der Waals surface area contributed by atoms with Crippen LogP contribution in [0.2, 0.25) is 0 Å². The third-order valence-electron chi connectivity index (χ3n) is 4.33. The highest BCUT2D eigenvalue weighted by molar-refractivity contribution is 5.92. The molecular weight excluding hydrogens is 320 g/mol. The van der Waals surface area contributed by atoms with Crippen molar-refractivity contribution in [3.8, 4) is 11.5 Å². The first-order chi connectivity index (χ1) is 12.3. The van der Waals surface area contributed by atoms with Gasteiger partial charge in [0.15, 0.2) is 17.3 Å². The van der Waals surface area contributed by atoms with E-state index in [1.54, 1.807) is 6.20 Å². The van der Waals surface area contributed by atoms with Crippen LogP contribution in [0.3, 0.4) is 0 Å². The fourth-order valence-electron chi connectivity index (χ4n) is 3.08. The Morgan fingerprint density at radius 3 is 2.88 bits per heavy atom. The summed E-state index contributed by atoms with van der Waals surface area (Å²) in [6, 6.07) is 9.08. The summed E-state index contributed by atoms with van der Waals surface area (Å²) in [6.07, 6.45) is 4.07. The molecule has 25 heavy (non-hydrogen) atoms. The van der Waals surface area contributed by atoms with Crippen LogP contribution in [0.25, 0.3) is 0 Å². The summed E-state index contributed by atoms with van der Waals surface area (Å²) in [5.74, 6) is 2.28. The van der Waals surface area contributed by atoms with E-state index in [2.05, 4.69) is 20.5 Å². The minimum atomic E-state index is -0.258. The highest BCUT2D eigenvalue weighted by Gasteiger charge is 2.18. The Kier molecular flexibility index (Phi) is 4.28. The van der Waals surface area contributed by atoms with Gasteiger partial charge in [-0.05, 0) is 42.7 Å². The molecule has 1 saturated heterocycles. The highest BCUT2D eigenvalue weighted by Crippen LogP contribution is 2.32. The maximum absolute atomic E-state index is 12.3. The van der Waals surface area contributed by atoms with Crippen LogP contribution in [0.5, 0.6) is 11.5 Å². The van der Waals surface area contributed by atoms with Crippen LogP contribution in [-0.2, 0) is 6.54 Å². The maximum Gasteiger partial charge on any atom is 0.319 e. The zero-order valence-electron chi connectivity index (χ0n) is 13.8. The van der Waals surface area contributed by atoms with Crippen LogP contribution >= 0.6 is 0 Å². The summed E-state index contributed by atoms with van der Waals surface area (Å²) in [4.78, 5) is 18.9. The SMILES string of the molecule is O=C(NCc1ccc2c(c1)OCO2)Nc1cccnc1N1CCCC1. The third kappa shape index (κ3) is 3.45. The molecule has 7 nitrogen and oxygen atoms in total. The molecule has 0 spiro atoms. The number of urea groups is 1. The molecule has 4 rings (SSSR count). The van der Waals surface area contributed by atoms with Gasteiger partial charge in [-0.2, -0.15) is 0 Å². The van der Waals surface area contributed by atoms with Gasteiger partial charge in [0.25, 0.3) is 0 Å². The first-order valence-corrected chi connectivity index (χ1v) is 8.43. The Hall–Kier alpha value is -2.96. The van der Waals surface area contributed by atoms with Gasteiger partial charge >= 0.3 is 6.03 Å². The number of carbonyl (C=O) groups is 1. The van der Waals surface area contributed by atoms with Crippen molar-refractivity contribution in [3.63, 3.8) is 0 Å². The first-order valence-electron chi connectivity index (χ1n) is 8.43. The smallest absolute Gasteiger partial charge is 0.319 e. The summed E-state index contributed by atoms with van der Waals surface area (Å²) < 4.78 is 10.6. The number of amides is 2. The van der Waals surface area contributed by atoms with Crippen LogP contribution in [-0.4, -0.2) is 30.9 Å². The lowest BCUT2D eigenvalue weighted by atomic mass is 10.2. The van der Waals surface area contributed by atoms with Crippen molar-refractivity contribution in [3.05, 3.63) is 42.1 Å². The van der Waals surface area contributed by atoms with Crippen molar-refractivity contribution in [1.29, 1.82) is 0 Å². The molecule has 0 radical (unpaired) electrons. The predicted molar refractivity (Wildman–Crippen MR) is 94.1 cm³/mol. The molecule has 2 amide bonds. The number of aromatic nitrogens is 1. The van der Waals surface area contributed by atoms with Crippen molar-refractivity contribution in [2.75, 3.05) is 30.1 Å². The van der Waals surface area contributed by atoms with Crippen molar-refractivity contribution in [2.24, 2.45) is 0 Å². The molecule has 7 heteroatoms. The number of carbonyl (C=O) groups excluding carboxylic acids is 1. The zero-order valence-corrected chi connectivity index (χ0v) is 13.8. The molecule has 2 aliphatic heterocycles. The molecule has 0 unspecified atom stereocenters. The Bertz CT molecular complexity index is 775. The number of fused-ring (bicyclic) bond motifs is 1. The second-order valence-corrected chi connectivity index (χ2v) is 6.06. The largest absolute Gasteiger partial charge is 0.454 e. The Labute approximate surface area is 145 Å². The fourth-order valence-corrected chi connectivity index (χ4v) is 3.08. The van der Waals surface area contributed by atoms with Gasteiger partial charge in [-0.3, -0.25) is 0 Å². The van der Waals surface area contributed by atoms with Crippen molar-refractivity contribution in [2.45, 2.75) is 19.4 Å². The van der Waals surface area contributed by atoms with Gasteiger partial charge in [-0.25, -0.2) is 9.78 Å². The summed E-state index contributed by atoms with van der Waals surface area (Å²) in [7, 11) is 0. The fraction of sp³-hybridized carbons (Fsp3) is 0.333. The first kappa shape index (κ1) is 15.6. The molecule has 3 heterocycles. The second-order valence-electron chi connectivity index (χ2n) is 6.06. The van der Waals surface area contributed by atoms with Crippen LogP contribution in [0.4, 0.5) is 16.3 Å². The summed E-state index contributed by atoms with van der Waals surface area (Å²) in [6.45, 7) is 2.60. The Morgan fingerprint density at radius 2 is 2.00 bits per heavy atom. The molecule has 2 aliphatic rings. The number of anilines is 2. The van der Waals surface area contributed by atoms with Gasteiger partial charge in [-0.15, -0.1) is 0 Å². The molecule has 130 valence electrons. The number of rotatable bonds is 4. The summed E-state index contributed by atoms with van der Waals surface area (Å²) in [5.41, 5.74) is 1.68. The number of pyridine rings is 1. The van der Waals surface area contributed by atoms with Gasteiger partial charge in [0, 0.05) is 25.8 Å². The highest BCUT2D eigenvalue weighted by atomic mass is 16.7. The van der Waals surface area contributed by atoms with E-state index in [0.29, 0.717) is 12.3 Å². The molecular formula is C18H20N4O3. The van der Waals surface area contributed by atoms with Gasteiger partial charge in [-0.1, -0.05) is 6.07 Å². The lowest BCUT2D eigenvalue weighted by Crippen LogP contribution is -2.29.